The molecule has 34 heavy (non-hydrogen) atoms. The Kier molecular flexibility index (Phi) is 6.39. The van der Waals surface area contributed by atoms with Crippen molar-refractivity contribution in [3.05, 3.63) is 59.7 Å². The van der Waals surface area contributed by atoms with Crippen LogP contribution in [0.15, 0.2) is 48.5 Å². The summed E-state index contributed by atoms with van der Waals surface area (Å²) in [6.07, 6.45) is 2.33. The molecular formula is C27H32N2O5. The highest BCUT2D eigenvalue weighted by atomic mass is 16.5. The lowest BCUT2D eigenvalue weighted by molar-refractivity contribution is -0.148. The molecule has 2 amide bonds. The lowest BCUT2D eigenvalue weighted by Gasteiger charge is -2.41. The van der Waals surface area contributed by atoms with Crippen LogP contribution in [0.25, 0.3) is 11.1 Å². The number of aliphatic carboxylic acids is 1. The number of carbonyl (C=O) groups excluding carboxylic acids is 2. The number of benzene rings is 2. The summed E-state index contributed by atoms with van der Waals surface area (Å²) in [6.45, 7) is 4.89. The fourth-order valence-electron chi connectivity index (χ4n) is 5.10. The molecule has 3 N–H and O–H groups in total. The van der Waals surface area contributed by atoms with Crippen molar-refractivity contribution < 1.29 is 24.2 Å². The van der Waals surface area contributed by atoms with Gasteiger partial charge in [-0.3, -0.25) is 4.79 Å². The molecule has 2 aliphatic rings. The number of fused-ring (bicyclic) bond motifs is 3. The molecule has 2 unspecified atom stereocenters. The Morgan fingerprint density at radius 2 is 1.62 bits per heavy atom. The maximum atomic E-state index is 13.1. The summed E-state index contributed by atoms with van der Waals surface area (Å²) in [4.78, 5) is 37.4. The highest BCUT2D eigenvalue weighted by Gasteiger charge is 2.46. The van der Waals surface area contributed by atoms with Crippen molar-refractivity contribution in [3.63, 3.8) is 0 Å². The van der Waals surface area contributed by atoms with Gasteiger partial charge in [-0.2, -0.15) is 0 Å². The van der Waals surface area contributed by atoms with Crippen molar-refractivity contribution >= 4 is 18.0 Å². The van der Waals surface area contributed by atoms with Gasteiger partial charge in [-0.1, -0.05) is 61.4 Å². The Morgan fingerprint density at radius 1 is 1.03 bits per heavy atom. The zero-order valence-corrected chi connectivity index (χ0v) is 19.9. The van der Waals surface area contributed by atoms with E-state index in [1.807, 2.05) is 24.3 Å². The minimum Gasteiger partial charge on any atom is -0.480 e. The number of hydrogen-bond donors (Lipinski definition) is 3. The monoisotopic (exact) mass is 464 g/mol. The first kappa shape index (κ1) is 23.8. The van der Waals surface area contributed by atoms with Crippen molar-refractivity contribution in [1.29, 1.82) is 0 Å². The summed E-state index contributed by atoms with van der Waals surface area (Å²) in [5.74, 6) is -1.53. The van der Waals surface area contributed by atoms with E-state index in [0.717, 1.165) is 35.1 Å². The fourth-order valence-corrected chi connectivity index (χ4v) is 5.10. The molecule has 0 heterocycles. The van der Waals surface area contributed by atoms with Crippen LogP contribution in [-0.4, -0.2) is 41.3 Å². The van der Waals surface area contributed by atoms with Crippen molar-refractivity contribution in [1.82, 2.24) is 10.6 Å². The predicted molar refractivity (Wildman–Crippen MR) is 128 cm³/mol. The highest BCUT2D eigenvalue weighted by Crippen LogP contribution is 2.44. The number of carboxylic acid groups (broad SMARTS) is 1. The maximum Gasteiger partial charge on any atom is 0.407 e. The second-order valence-electron chi connectivity index (χ2n) is 10.1. The first-order valence-corrected chi connectivity index (χ1v) is 11.8. The van der Waals surface area contributed by atoms with Crippen LogP contribution >= 0.6 is 0 Å². The second-order valence-corrected chi connectivity index (χ2v) is 10.1. The lowest BCUT2D eigenvalue weighted by Crippen LogP contribution is -2.60. The zero-order valence-electron chi connectivity index (χ0n) is 19.9. The van der Waals surface area contributed by atoms with Crippen LogP contribution in [0.4, 0.5) is 4.79 Å². The first-order valence-electron chi connectivity index (χ1n) is 11.8. The molecule has 0 spiro atoms. The molecule has 0 aromatic heterocycles. The molecule has 2 aromatic rings. The van der Waals surface area contributed by atoms with Crippen LogP contribution in [0.5, 0.6) is 0 Å². The molecule has 0 saturated heterocycles. The van der Waals surface area contributed by atoms with Crippen LogP contribution < -0.4 is 10.6 Å². The molecule has 0 aliphatic heterocycles. The van der Waals surface area contributed by atoms with Crippen molar-refractivity contribution in [2.24, 2.45) is 5.41 Å². The van der Waals surface area contributed by atoms with Crippen LogP contribution in [0, 0.1) is 5.41 Å². The molecule has 1 fully saturated rings. The Labute approximate surface area is 199 Å². The number of alkyl carbamates (subject to hydrolysis) is 1. The third-order valence-corrected chi connectivity index (χ3v) is 7.32. The van der Waals surface area contributed by atoms with E-state index in [1.54, 1.807) is 6.92 Å². The van der Waals surface area contributed by atoms with Crippen LogP contribution in [-0.2, 0) is 14.3 Å². The molecule has 2 aromatic carbocycles. The van der Waals surface area contributed by atoms with Gasteiger partial charge in [0.2, 0.25) is 5.91 Å². The normalized spacial score (nSPS) is 21.8. The Bertz CT molecular complexity index is 1070. The Hall–Kier alpha value is -3.35. The van der Waals surface area contributed by atoms with Crippen molar-refractivity contribution in [3.8, 4) is 11.1 Å². The predicted octanol–water partition coefficient (Wildman–Crippen LogP) is 4.45. The van der Waals surface area contributed by atoms with E-state index in [4.69, 9.17) is 4.74 Å². The number of nitrogens with one attached hydrogen (secondary N) is 2. The summed E-state index contributed by atoms with van der Waals surface area (Å²) in [5.41, 5.74) is 2.26. The van der Waals surface area contributed by atoms with Gasteiger partial charge >= 0.3 is 12.1 Å². The number of rotatable bonds is 6. The van der Waals surface area contributed by atoms with Gasteiger partial charge in [0.25, 0.3) is 0 Å². The zero-order chi connectivity index (χ0) is 24.5. The van der Waals surface area contributed by atoms with E-state index in [2.05, 4.69) is 34.9 Å². The Morgan fingerprint density at radius 3 is 2.21 bits per heavy atom. The van der Waals surface area contributed by atoms with E-state index in [0.29, 0.717) is 12.8 Å². The molecule has 2 aliphatic carbocycles. The number of carbonyl (C=O) groups is 3. The molecular weight excluding hydrogens is 432 g/mol. The number of amides is 2. The average Bonchev–Trinajstić information content (AvgIpc) is 3.12. The number of carboxylic acids is 1. The summed E-state index contributed by atoms with van der Waals surface area (Å²) in [6, 6.07) is 15.8. The van der Waals surface area contributed by atoms with Gasteiger partial charge in [0.1, 0.15) is 12.1 Å². The largest absolute Gasteiger partial charge is 0.480 e. The van der Waals surface area contributed by atoms with E-state index in [-0.39, 0.29) is 18.4 Å². The highest BCUT2D eigenvalue weighted by molar-refractivity contribution is 5.90. The van der Waals surface area contributed by atoms with Crippen LogP contribution in [0.1, 0.15) is 63.5 Å². The molecule has 1 saturated carbocycles. The average molecular weight is 465 g/mol. The molecule has 0 radical (unpaired) electrons. The smallest absolute Gasteiger partial charge is 0.407 e. The Balaban J connectivity index is 1.44. The molecule has 2 atom stereocenters. The SMILES string of the molecule is CC(C)(NC(=O)C1(C)CCCCC1NC(=O)OCC1c2ccccc2-c2ccccc21)C(=O)O. The standard InChI is InChI=1S/C27H32N2O5/c1-26(2,24(31)32)29-23(30)27(3)15-9-8-14-22(27)28-25(33)34-16-21-19-12-6-4-10-17(19)18-11-5-7-13-20(18)21/h4-7,10-13,21-22H,8-9,14-16H2,1-3H3,(H,28,33)(H,29,30)(H,31,32). The van der Waals surface area contributed by atoms with Gasteiger partial charge in [0.05, 0.1) is 5.41 Å². The minimum absolute atomic E-state index is 0.0458. The molecule has 7 nitrogen and oxygen atoms in total. The first-order chi connectivity index (χ1) is 16.1. The minimum atomic E-state index is -1.40. The molecule has 4 rings (SSSR count). The summed E-state index contributed by atoms with van der Waals surface area (Å²) in [5, 5.41) is 14.9. The molecule has 180 valence electrons. The van der Waals surface area contributed by atoms with Gasteiger partial charge in [0, 0.05) is 12.0 Å². The van der Waals surface area contributed by atoms with Gasteiger partial charge in [0.15, 0.2) is 0 Å². The van der Waals surface area contributed by atoms with Crippen molar-refractivity contribution in [2.75, 3.05) is 6.61 Å². The lowest BCUT2D eigenvalue weighted by atomic mass is 9.70. The molecule has 7 heteroatoms. The van der Waals surface area contributed by atoms with Gasteiger partial charge in [-0.05, 0) is 55.9 Å². The van der Waals surface area contributed by atoms with Crippen molar-refractivity contribution in [2.45, 2.75) is 64.0 Å². The summed E-state index contributed by atoms with van der Waals surface area (Å²) < 4.78 is 5.68. The molecule has 0 bridgehead atoms. The summed E-state index contributed by atoms with van der Waals surface area (Å²) in [7, 11) is 0. The van der Waals surface area contributed by atoms with Gasteiger partial charge in [-0.25, -0.2) is 9.59 Å². The number of hydrogen-bond acceptors (Lipinski definition) is 4. The van der Waals surface area contributed by atoms with E-state index < -0.39 is 29.1 Å². The fraction of sp³-hybridized carbons (Fsp3) is 0.444. The quantitative estimate of drug-likeness (QED) is 0.586. The maximum absolute atomic E-state index is 13.1. The van der Waals surface area contributed by atoms with Crippen LogP contribution in [0.2, 0.25) is 0 Å². The van der Waals surface area contributed by atoms with E-state index >= 15 is 0 Å². The number of ether oxygens (including phenoxy) is 1. The third kappa shape index (κ3) is 4.39. The second kappa shape index (κ2) is 9.12. The van der Waals surface area contributed by atoms with Crippen LogP contribution in [0.3, 0.4) is 0 Å². The summed E-state index contributed by atoms with van der Waals surface area (Å²) >= 11 is 0. The van der Waals surface area contributed by atoms with Gasteiger partial charge in [-0.15, -0.1) is 0 Å². The van der Waals surface area contributed by atoms with Gasteiger partial charge < -0.3 is 20.5 Å². The third-order valence-electron chi connectivity index (χ3n) is 7.32. The topological polar surface area (TPSA) is 105 Å². The van der Waals surface area contributed by atoms with E-state index in [9.17, 15) is 19.5 Å². The van der Waals surface area contributed by atoms with E-state index in [1.165, 1.54) is 13.8 Å².